The van der Waals surface area contributed by atoms with Crippen molar-refractivity contribution in [2.45, 2.75) is 12.5 Å². The van der Waals surface area contributed by atoms with Crippen molar-refractivity contribution in [2.24, 2.45) is 0 Å². The first-order chi connectivity index (χ1) is 5.11. The Morgan fingerprint density at radius 3 is 2.27 bits per heavy atom. The summed E-state index contributed by atoms with van der Waals surface area (Å²) in [6.45, 7) is 0. The van der Waals surface area contributed by atoms with Gasteiger partial charge in [-0.2, -0.15) is 0 Å². The number of methoxy groups -OCH3 is 2. The van der Waals surface area contributed by atoms with Crippen LogP contribution in [-0.2, 0) is 19.1 Å². The number of nitrogens with one attached hydrogen (secondary N) is 1. The minimum absolute atomic E-state index is 0.261. The average molecular weight is 160 g/mol. The van der Waals surface area contributed by atoms with Crippen LogP contribution in [-0.4, -0.2) is 32.2 Å². The highest BCUT2D eigenvalue weighted by molar-refractivity contribution is 5.82. The Bertz CT molecular complexity index is 157. The highest BCUT2D eigenvalue weighted by Gasteiger charge is 2.18. The van der Waals surface area contributed by atoms with Crippen LogP contribution in [0, 0.1) is 0 Å². The van der Waals surface area contributed by atoms with Gasteiger partial charge in [0.1, 0.15) is 6.04 Å². The van der Waals surface area contributed by atoms with Crippen LogP contribution >= 0.6 is 0 Å². The van der Waals surface area contributed by atoms with Crippen LogP contribution in [0.4, 0.5) is 0 Å². The first-order valence-corrected chi connectivity index (χ1v) is 2.97. The molecule has 0 saturated carbocycles. The van der Waals surface area contributed by atoms with Crippen molar-refractivity contribution in [2.75, 3.05) is 14.2 Å². The Hall–Kier alpha value is -1.10. The molecule has 0 spiro atoms. The molecule has 0 aromatic carbocycles. The number of carbonyl (C=O) groups excluding carboxylic acids is 2. The third-order valence-corrected chi connectivity index (χ3v) is 1.08. The summed E-state index contributed by atoms with van der Waals surface area (Å²) in [5, 5.41) is 0. The summed E-state index contributed by atoms with van der Waals surface area (Å²) >= 11 is 0. The third-order valence-electron chi connectivity index (χ3n) is 1.08. The van der Waals surface area contributed by atoms with Gasteiger partial charge in [-0.15, -0.1) is 0 Å². The van der Waals surface area contributed by atoms with Gasteiger partial charge in [-0.25, -0.2) is 5.73 Å². The zero-order valence-electron chi connectivity index (χ0n) is 6.42. The summed E-state index contributed by atoms with van der Waals surface area (Å²) in [7, 11) is 2.37. The van der Waals surface area contributed by atoms with Crippen molar-refractivity contribution in [1.29, 1.82) is 0 Å². The van der Waals surface area contributed by atoms with Gasteiger partial charge >= 0.3 is 11.9 Å². The van der Waals surface area contributed by atoms with E-state index in [-0.39, 0.29) is 6.42 Å². The number of hydrogen-bond donors (Lipinski definition) is 0. The van der Waals surface area contributed by atoms with E-state index < -0.39 is 18.0 Å². The van der Waals surface area contributed by atoms with Crippen molar-refractivity contribution in [3.8, 4) is 0 Å². The van der Waals surface area contributed by atoms with Crippen LogP contribution in [0.15, 0.2) is 0 Å². The second-order valence-electron chi connectivity index (χ2n) is 1.86. The Labute approximate surface area is 64.5 Å². The lowest BCUT2D eigenvalue weighted by Gasteiger charge is -2.05. The van der Waals surface area contributed by atoms with Gasteiger partial charge in [0.2, 0.25) is 0 Å². The molecule has 0 heterocycles. The maximum absolute atomic E-state index is 10.5. The number of ether oxygens (including phenoxy) is 2. The Morgan fingerprint density at radius 1 is 1.36 bits per heavy atom. The molecule has 11 heavy (non-hydrogen) atoms. The minimum Gasteiger partial charge on any atom is -0.469 e. The largest absolute Gasteiger partial charge is 0.469 e. The van der Waals surface area contributed by atoms with Crippen LogP contribution in [0.1, 0.15) is 6.42 Å². The molecule has 0 amide bonds. The van der Waals surface area contributed by atoms with E-state index in [4.69, 9.17) is 5.73 Å². The van der Waals surface area contributed by atoms with Crippen LogP contribution in [0.2, 0.25) is 0 Å². The summed E-state index contributed by atoms with van der Waals surface area (Å²) in [6.07, 6.45) is -0.261. The van der Waals surface area contributed by atoms with Crippen molar-refractivity contribution < 1.29 is 19.1 Å². The summed E-state index contributed by atoms with van der Waals surface area (Å²) in [5.41, 5.74) is 7.04. The van der Waals surface area contributed by atoms with Crippen molar-refractivity contribution in [3.05, 3.63) is 0 Å². The summed E-state index contributed by atoms with van der Waals surface area (Å²) in [5.74, 6) is -1.31. The molecule has 0 aromatic heterocycles. The van der Waals surface area contributed by atoms with Crippen LogP contribution in [0.25, 0.3) is 0 Å². The lowest BCUT2D eigenvalue weighted by molar-refractivity contribution is -0.148. The summed E-state index contributed by atoms with van der Waals surface area (Å²) in [6, 6.07) is -1.17. The van der Waals surface area contributed by atoms with Gasteiger partial charge in [0, 0.05) is 0 Å². The molecule has 0 aliphatic carbocycles. The molecule has 0 aromatic rings. The molecule has 1 N–H and O–H groups in total. The zero-order chi connectivity index (χ0) is 8.85. The van der Waals surface area contributed by atoms with E-state index in [1.54, 1.807) is 0 Å². The van der Waals surface area contributed by atoms with Crippen molar-refractivity contribution in [1.82, 2.24) is 5.73 Å². The molecule has 1 radical (unpaired) electrons. The average Bonchev–Trinajstić information content (AvgIpc) is 2.02. The molecule has 0 aliphatic heterocycles. The zero-order valence-corrected chi connectivity index (χ0v) is 6.42. The van der Waals surface area contributed by atoms with Crippen LogP contribution in [0.5, 0.6) is 0 Å². The van der Waals surface area contributed by atoms with Crippen LogP contribution < -0.4 is 5.73 Å². The second kappa shape index (κ2) is 4.68. The molecular weight excluding hydrogens is 150 g/mol. The fourth-order valence-electron chi connectivity index (χ4n) is 0.476. The lowest BCUT2D eigenvalue weighted by Crippen LogP contribution is -2.26. The van der Waals surface area contributed by atoms with E-state index in [0.717, 1.165) is 0 Å². The topological polar surface area (TPSA) is 76.4 Å². The molecule has 1 unspecified atom stereocenters. The van der Waals surface area contributed by atoms with Crippen molar-refractivity contribution >= 4 is 11.9 Å². The first kappa shape index (κ1) is 9.90. The van der Waals surface area contributed by atoms with Gasteiger partial charge in [-0.1, -0.05) is 0 Å². The smallest absolute Gasteiger partial charge is 0.324 e. The standard InChI is InChI=1S/C6H10NO4/c1-10-5(8)3-4(7)6(9)11-2/h4,7H,3H2,1-2H3. The number of hydrogen-bond acceptors (Lipinski definition) is 4. The highest BCUT2D eigenvalue weighted by atomic mass is 16.5. The molecule has 63 valence electrons. The predicted molar refractivity (Wildman–Crippen MR) is 35.5 cm³/mol. The normalized spacial score (nSPS) is 11.9. The van der Waals surface area contributed by atoms with E-state index >= 15 is 0 Å². The quantitative estimate of drug-likeness (QED) is 0.515. The number of esters is 2. The minimum atomic E-state index is -1.17. The van der Waals surface area contributed by atoms with Gasteiger partial charge in [-0.3, -0.25) is 9.59 Å². The summed E-state index contributed by atoms with van der Waals surface area (Å²) < 4.78 is 8.47. The summed E-state index contributed by atoms with van der Waals surface area (Å²) in [4.78, 5) is 21.0. The maximum atomic E-state index is 10.5. The Morgan fingerprint density at radius 2 is 1.91 bits per heavy atom. The molecule has 0 rings (SSSR count). The monoisotopic (exact) mass is 160 g/mol. The molecule has 5 heteroatoms. The molecular formula is C6H10NO4. The van der Waals surface area contributed by atoms with E-state index in [9.17, 15) is 9.59 Å². The van der Waals surface area contributed by atoms with E-state index in [1.165, 1.54) is 14.2 Å². The Balaban J connectivity index is 3.77. The second-order valence-corrected chi connectivity index (χ2v) is 1.86. The molecule has 5 nitrogen and oxygen atoms in total. The molecule has 0 fully saturated rings. The van der Waals surface area contributed by atoms with Gasteiger partial charge in [0.15, 0.2) is 0 Å². The van der Waals surface area contributed by atoms with Gasteiger partial charge < -0.3 is 9.47 Å². The van der Waals surface area contributed by atoms with Gasteiger partial charge in [-0.05, 0) is 0 Å². The van der Waals surface area contributed by atoms with E-state index in [1.807, 2.05) is 0 Å². The first-order valence-electron chi connectivity index (χ1n) is 2.97. The van der Waals surface area contributed by atoms with E-state index in [2.05, 4.69) is 9.47 Å². The maximum Gasteiger partial charge on any atom is 0.324 e. The van der Waals surface area contributed by atoms with Crippen LogP contribution in [0.3, 0.4) is 0 Å². The fraction of sp³-hybridized carbons (Fsp3) is 0.667. The van der Waals surface area contributed by atoms with Crippen molar-refractivity contribution in [3.63, 3.8) is 0 Å². The Kier molecular flexibility index (Phi) is 4.21. The highest BCUT2D eigenvalue weighted by Crippen LogP contribution is 1.94. The van der Waals surface area contributed by atoms with E-state index in [0.29, 0.717) is 0 Å². The predicted octanol–water partition coefficient (Wildman–Crippen LogP) is -0.626. The lowest BCUT2D eigenvalue weighted by atomic mass is 10.2. The SMILES string of the molecule is COC(=O)CC([NH])C(=O)OC. The molecule has 1 atom stereocenters. The molecule has 0 saturated heterocycles. The number of carbonyl (C=O) groups is 2. The molecule has 0 aliphatic rings. The molecule has 0 bridgehead atoms. The van der Waals surface area contributed by atoms with Gasteiger partial charge in [0.25, 0.3) is 0 Å². The number of rotatable bonds is 3. The van der Waals surface area contributed by atoms with Gasteiger partial charge in [0.05, 0.1) is 20.6 Å². The third kappa shape index (κ3) is 3.57. The fourth-order valence-corrected chi connectivity index (χ4v) is 0.476.